The summed E-state index contributed by atoms with van der Waals surface area (Å²) in [4.78, 5) is 26.0. The molecule has 3 aromatic rings. The van der Waals surface area contributed by atoms with E-state index in [0.717, 1.165) is 12.1 Å². The second-order valence-corrected chi connectivity index (χ2v) is 5.32. The lowest BCUT2D eigenvalue weighted by atomic mass is 10.2. The van der Waals surface area contributed by atoms with Gasteiger partial charge in [0.15, 0.2) is 5.15 Å². The maximum atomic E-state index is 13.3. The van der Waals surface area contributed by atoms with Crippen LogP contribution in [0.5, 0.6) is 0 Å². The Morgan fingerprint density at radius 2 is 2.16 bits per heavy atom. The van der Waals surface area contributed by atoms with Crippen molar-refractivity contribution in [3.63, 3.8) is 0 Å². The highest BCUT2D eigenvalue weighted by Gasteiger charge is 2.15. The van der Waals surface area contributed by atoms with E-state index in [2.05, 4.69) is 10.3 Å². The number of halogens is 2. The summed E-state index contributed by atoms with van der Waals surface area (Å²) in [7, 11) is 0. The number of benzene rings is 1. The number of hydrogen-bond acceptors (Lipinski definition) is 4. The molecule has 0 atom stereocenters. The summed E-state index contributed by atoms with van der Waals surface area (Å²) >= 11 is 6.05. The van der Waals surface area contributed by atoms with E-state index < -0.39 is 22.3 Å². The number of amides is 1. The van der Waals surface area contributed by atoms with Crippen molar-refractivity contribution in [3.05, 3.63) is 75.4 Å². The van der Waals surface area contributed by atoms with Gasteiger partial charge in [-0.3, -0.25) is 19.3 Å². The number of nitrogens with one attached hydrogen (secondary N) is 1. The van der Waals surface area contributed by atoms with Gasteiger partial charge >= 0.3 is 5.69 Å². The predicted octanol–water partition coefficient (Wildman–Crippen LogP) is 3.69. The Balaban J connectivity index is 1.80. The van der Waals surface area contributed by atoms with Gasteiger partial charge in [0.25, 0.3) is 0 Å². The molecule has 25 heavy (non-hydrogen) atoms. The van der Waals surface area contributed by atoms with Crippen molar-refractivity contribution in [2.45, 2.75) is 0 Å². The van der Waals surface area contributed by atoms with Gasteiger partial charge < -0.3 is 5.32 Å². The molecule has 0 aliphatic heterocycles. The largest absolute Gasteiger partial charge is 0.322 e. The fourth-order valence-corrected chi connectivity index (χ4v) is 2.44. The molecule has 9 heteroatoms. The third-order valence-electron chi connectivity index (χ3n) is 3.32. The summed E-state index contributed by atoms with van der Waals surface area (Å²) in [6, 6.07) is 8.46. The molecule has 0 aliphatic rings. The van der Waals surface area contributed by atoms with Crippen molar-refractivity contribution in [3.8, 4) is 0 Å². The average molecular weight is 361 g/mol. The van der Waals surface area contributed by atoms with Gasteiger partial charge in [0.1, 0.15) is 5.65 Å². The molecular weight excluding hydrogens is 351 g/mol. The Labute approximate surface area is 145 Å². The Morgan fingerprint density at radius 1 is 1.36 bits per heavy atom. The predicted molar refractivity (Wildman–Crippen MR) is 90.9 cm³/mol. The summed E-state index contributed by atoms with van der Waals surface area (Å²) in [6.07, 6.45) is 4.42. The molecular formula is C16H10ClFN4O3. The number of carbonyl (C=O) groups is 1. The van der Waals surface area contributed by atoms with E-state index in [1.54, 1.807) is 28.8 Å². The zero-order chi connectivity index (χ0) is 18.0. The quantitative estimate of drug-likeness (QED) is 0.436. The fraction of sp³-hybridized carbons (Fsp3) is 0. The molecule has 126 valence electrons. The van der Waals surface area contributed by atoms with E-state index in [1.807, 2.05) is 0 Å². The number of imidazole rings is 1. The minimum absolute atomic E-state index is 0.104. The van der Waals surface area contributed by atoms with Crippen LogP contribution in [-0.4, -0.2) is 20.2 Å². The minimum Gasteiger partial charge on any atom is -0.322 e. The number of rotatable bonds is 4. The molecule has 0 saturated carbocycles. The number of nitro groups is 1. The zero-order valence-electron chi connectivity index (χ0n) is 12.5. The van der Waals surface area contributed by atoms with Gasteiger partial charge in [0.05, 0.1) is 10.6 Å². The number of pyridine rings is 1. The number of nitrogens with zero attached hydrogens (tertiary/aromatic N) is 3. The van der Waals surface area contributed by atoms with Crippen molar-refractivity contribution in [2.75, 3.05) is 5.32 Å². The number of nitro benzene ring substituents is 1. The van der Waals surface area contributed by atoms with Crippen molar-refractivity contribution in [1.29, 1.82) is 0 Å². The lowest BCUT2D eigenvalue weighted by Gasteiger charge is -2.02. The van der Waals surface area contributed by atoms with Gasteiger partial charge in [0, 0.05) is 24.0 Å². The van der Waals surface area contributed by atoms with Crippen LogP contribution in [0.25, 0.3) is 11.7 Å². The molecule has 0 fully saturated rings. The summed E-state index contributed by atoms with van der Waals surface area (Å²) in [5.41, 5.74) is 0.526. The molecule has 0 saturated heterocycles. The van der Waals surface area contributed by atoms with Crippen LogP contribution < -0.4 is 5.32 Å². The topological polar surface area (TPSA) is 89.5 Å². The van der Waals surface area contributed by atoms with Crippen LogP contribution in [-0.2, 0) is 4.79 Å². The van der Waals surface area contributed by atoms with Crippen molar-refractivity contribution >= 4 is 40.6 Å². The van der Waals surface area contributed by atoms with E-state index in [0.29, 0.717) is 11.3 Å². The first-order valence-electron chi connectivity index (χ1n) is 7.01. The van der Waals surface area contributed by atoms with Crippen LogP contribution in [0.2, 0.25) is 5.15 Å². The Morgan fingerprint density at radius 3 is 2.92 bits per heavy atom. The monoisotopic (exact) mass is 360 g/mol. The molecule has 0 radical (unpaired) electrons. The second-order valence-electron chi connectivity index (χ2n) is 4.96. The van der Waals surface area contributed by atoms with Gasteiger partial charge in [-0.1, -0.05) is 17.7 Å². The highest BCUT2D eigenvalue weighted by atomic mass is 35.5. The highest BCUT2D eigenvalue weighted by Crippen LogP contribution is 2.22. The third kappa shape index (κ3) is 3.48. The molecule has 1 aromatic carbocycles. The minimum atomic E-state index is -0.976. The van der Waals surface area contributed by atoms with Crippen LogP contribution in [0, 0.1) is 15.9 Å². The first-order chi connectivity index (χ1) is 12.0. The summed E-state index contributed by atoms with van der Waals surface area (Å²) in [5.74, 6) is -1.53. The number of anilines is 1. The molecule has 3 rings (SSSR count). The summed E-state index contributed by atoms with van der Waals surface area (Å²) in [6.45, 7) is 0. The molecule has 0 bridgehead atoms. The van der Waals surface area contributed by atoms with E-state index in [1.165, 1.54) is 18.2 Å². The molecule has 0 aliphatic carbocycles. The van der Waals surface area contributed by atoms with Gasteiger partial charge in [0.2, 0.25) is 11.7 Å². The number of hydrogen-bond donors (Lipinski definition) is 1. The van der Waals surface area contributed by atoms with Crippen molar-refractivity contribution in [2.24, 2.45) is 0 Å². The standard InChI is InChI=1S/C16H10ClFN4O3/c17-16-12(21-8-2-1-3-14(21)20-16)6-7-15(23)19-10-4-5-11(18)13(9-10)22(24)25/h1-9H,(H,19,23)/b7-6+. The number of carbonyl (C=O) groups excluding carboxylic acids is 1. The second kappa shape index (κ2) is 6.70. The molecule has 2 aromatic heterocycles. The van der Waals surface area contributed by atoms with Gasteiger partial charge in [-0.25, -0.2) is 4.98 Å². The van der Waals surface area contributed by atoms with Crippen LogP contribution in [0.3, 0.4) is 0 Å². The van der Waals surface area contributed by atoms with Crippen LogP contribution in [0.15, 0.2) is 48.7 Å². The van der Waals surface area contributed by atoms with Crippen molar-refractivity contribution < 1.29 is 14.1 Å². The van der Waals surface area contributed by atoms with Gasteiger partial charge in [-0.15, -0.1) is 0 Å². The molecule has 0 spiro atoms. The number of aromatic nitrogens is 2. The van der Waals surface area contributed by atoms with Crippen LogP contribution in [0.4, 0.5) is 15.8 Å². The Bertz CT molecular complexity index is 1020. The van der Waals surface area contributed by atoms with E-state index in [-0.39, 0.29) is 10.8 Å². The first kappa shape index (κ1) is 16.6. The first-order valence-corrected chi connectivity index (χ1v) is 7.39. The normalized spacial score (nSPS) is 11.1. The highest BCUT2D eigenvalue weighted by molar-refractivity contribution is 6.31. The lowest BCUT2D eigenvalue weighted by molar-refractivity contribution is -0.387. The molecule has 1 amide bonds. The van der Waals surface area contributed by atoms with Gasteiger partial charge in [-0.05, 0) is 30.3 Å². The molecule has 7 nitrogen and oxygen atoms in total. The Hall–Kier alpha value is -3.26. The van der Waals surface area contributed by atoms with Crippen LogP contribution >= 0.6 is 11.6 Å². The lowest BCUT2D eigenvalue weighted by Crippen LogP contribution is -2.08. The molecule has 1 N–H and O–H groups in total. The maximum absolute atomic E-state index is 13.3. The Kier molecular flexibility index (Phi) is 4.44. The van der Waals surface area contributed by atoms with Crippen LogP contribution in [0.1, 0.15) is 5.69 Å². The van der Waals surface area contributed by atoms with Gasteiger partial charge in [-0.2, -0.15) is 4.39 Å². The molecule has 2 heterocycles. The number of fused-ring (bicyclic) bond motifs is 1. The fourth-order valence-electron chi connectivity index (χ4n) is 2.20. The summed E-state index contributed by atoms with van der Waals surface area (Å²) in [5, 5.41) is 13.4. The smallest absolute Gasteiger partial charge is 0.306 e. The van der Waals surface area contributed by atoms with Crippen molar-refractivity contribution in [1.82, 2.24) is 9.38 Å². The maximum Gasteiger partial charge on any atom is 0.306 e. The van der Waals surface area contributed by atoms with E-state index >= 15 is 0 Å². The zero-order valence-corrected chi connectivity index (χ0v) is 13.3. The van der Waals surface area contributed by atoms with E-state index in [4.69, 9.17) is 11.6 Å². The van der Waals surface area contributed by atoms with E-state index in [9.17, 15) is 19.3 Å². The summed E-state index contributed by atoms with van der Waals surface area (Å²) < 4.78 is 15.0. The third-order valence-corrected chi connectivity index (χ3v) is 3.60. The molecule has 0 unspecified atom stereocenters. The SMILES string of the molecule is O=C(/C=C/c1c(Cl)nc2ccccn12)Nc1ccc(F)c([N+](=O)[O-])c1. The average Bonchev–Trinajstić information content (AvgIpc) is 2.89.